The van der Waals surface area contributed by atoms with Crippen LogP contribution in [0.4, 0.5) is 0 Å². The summed E-state index contributed by atoms with van der Waals surface area (Å²) in [5, 5.41) is 7.12. The minimum Gasteiger partial charge on any atom is -0.364 e. The van der Waals surface area contributed by atoms with Crippen molar-refractivity contribution in [3.05, 3.63) is 75.7 Å². The van der Waals surface area contributed by atoms with Gasteiger partial charge in [0.05, 0.1) is 11.4 Å². The first-order valence-corrected chi connectivity index (χ1v) is 9.87. The summed E-state index contributed by atoms with van der Waals surface area (Å²) in [6.45, 7) is 2.04. The fraction of sp³-hybridized carbons (Fsp3) is 0.0500. The number of aromatic nitrogens is 3. The van der Waals surface area contributed by atoms with Crippen molar-refractivity contribution in [2.24, 2.45) is 5.73 Å². The van der Waals surface area contributed by atoms with Crippen LogP contribution in [0.25, 0.3) is 27.6 Å². The molecule has 0 fully saturated rings. The van der Waals surface area contributed by atoms with Gasteiger partial charge < -0.3 is 5.73 Å². The average Bonchev–Trinajstić information content (AvgIpc) is 3.30. The normalized spacial score (nSPS) is 10.9. The summed E-state index contributed by atoms with van der Waals surface area (Å²) in [6, 6.07) is 17.6. The first kappa shape index (κ1) is 17.6. The van der Waals surface area contributed by atoms with Gasteiger partial charge in [-0.3, -0.25) is 4.79 Å². The maximum absolute atomic E-state index is 11.9. The van der Waals surface area contributed by atoms with E-state index in [1.807, 2.05) is 60.8 Å². The predicted molar refractivity (Wildman–Crippen MR) is 111 cm³/mol. The van der Waals surface area contributed by atoms with E-state index in [1.165, 1.54) is 21.6 Å². The van der Waals surface area contributed by atoms with E-state index in [2.05, 4.69) is 26.0 Å². The van der Waals surface area contributed by atoms with Crippen LogP contribution in [-0.4, -0.2) is 20.7 Å². The number of benzene rings is 2. The average molecular weight is 439 g/mol. The van der Waals surface area contributed by atoms with E-state index >= 15 is 0 Å². The number of aryl methyl sites for hydroxylation is 1. The van der Waals surface area contributed by atoms with Gasteiger partial charge in [-0.15, -0.1) is 11.3 Å². The third-order valence-electron chi connectivity index (χ3n) is 4.12. The number of thiazole rings is 1. The van der Waals surface area contributed by atoms with Crippen LogP contribution in [0.15, 0.2) is 64.5 Å². The Morgan fingerprint density at radius 1 is 1.04 bits per heavy atom. The Balaban J connectivity index is 1.76. The molecule has 0 aliphatic rings. The monoisotopic (exact) mass is 438 g/mol. The molecule has 2 aromatic carbocycles. The summed E-state index contributed by atoms with van der Waals surface area (Å²) in [7, 11) is 0. The highest BCUT2D eigenvalue weighted by Crippen LogP contribution is 2.27. The molecule has 0 aliphatic heterocycles. The van der Waals surface area contributed by atoms with Gasteiger partial charge in [0.1, 0.15) is 5.69 Å². The number of halogens is 1. The predicted octanol–water partition coefficient (Wildman–Crippen LogP) is 4.83. The fourth-order valence-electron chi connectivity index (χ4n) is 2.68. The SMILES string of the molecule is Cc1ccc(-c2csc(-n3nc(-c4ccc(Br)cc4)cc3C(N)=O)n2)cc1. The van der Waals surface area contributed by atoms with E-state index in [0.717, 1.165) is 21.3 Å². The lowest BCUT2D eigenvalue weighted by atomic mass is 10.1. The summed E-state index contributed by atoms with van der Waals surface area (Å²) in [6.07, 6.45) is 0. The molecular weight excluding hydrogens is 424 g/mol. The van der Waals surface area contributed by atoms with Gasteiger partial charge in [0.25, 0.3) is 5.91 Å². The zero-order chi connectivity index (χ0) is 19.0. The molecule has 0 saturated carbocycles. The van der Waals surface area contributed by atoms with Crippen molar-refractivity contribution < 1.29 is 4.79 Å². The molecule has 0 atom stereocenters. The van der Waals surface area contributed by atoms with Crippen LogP contribution in [0.5, 0.6) is 0 Å². The van der Waals surface area contributed by atoms with Crippen molar-refractivity contribution in [3.63, 3.8) is 0 Å². The second kappa shape index (κ2) is 7.09. The number of primary amides is 1. The topological polar surface area (TPSA) is 73.8 Å². The van der Waals surface area contributed by atoms with Gasteiger partial charge in [0.15, 0.2) is 0 Å². The molecule has 0 spiro atoms. The van der Waals surface area contributed by atoms with Gasteiger partial charge in [-0.1, -0.05) is 57.9 Å². The number of carbonyl (C=O) groups is 1. The van der Waals surface area contributed by atoms with E-state index < -0.39 is 5.91 Å². The standard InChI is InChI=1S/C20H15BrN4OS/c1-12-2-4-14(5-3-12)17-11-27-20(23-17)25-18(19(22)26)10-16(24-25)13-6-8-15(21)9-7-13/h2-11H,1H3,(H2,22,26). The molecular formula is C20H15BrN4OS. The molecule has 0 saturated heterocycles. The Kier molecular flexibility index (Phi) is 4.63. The van der Waals surface area contributed by atoms with E-state index in [-0.39, 0.29) is 0 Å². The van der Waals surface area contributed by atoms with E-state index in [0.29, 0.717) is 16.5 Å². The van der Waals surface area contributed by atoms with Crippen LogP contribution >= 0.6 is 27.3 Å². The Hall–Kier alpha value is -2.77. The van der Waals surface area contributed by atoms with Gasteiger partial charge in [-0.2, -0.15) is 9.78 Å². The van der Waals surface area contributed by atoms with Gasteiger partial charge in [0, 0.05) is 21.0 Å². The third-order valence-corrected chi connectivity index (χ3v) is 5.47. The third kappa shape index (κ3) is 3.56. The zero-order valence-electron chi connectivity index (χ0n) is 14.4. The molecule has 4 rings (SSSR count). The fourth-order valence-corrected chi connectivity index (χ4v) is 3.74. The largest absolute Gasteiger partial charge is 0.364 e. The van der Waals surface area contributed by atoms with Crippen LogP contribution in [-0.2, 0) is 0 Å². The quantitative estimate of drug-likeness (QED) is 0.495. The van der Waals surface area contributed by atoms with E-state index in [1.54, 1.807) is 6.07 Å². The number of hydrogen-bond donors (Lipinski definition) is 1. The van der Waals surface area contributed by atoms with Crippen LogP contribution in [0, 0.1) is 6.92 Å². The lowest BCUT2D eigenvalue weighted by Gasteiger charge is -2.00. The second-order valence-electron chi connectivity index (χ2n) is 6.08. The molecule has 0 radical (unpaired) electrons. The molecule has 2 N–H and O–H groups in total. The number of hydrogen-bond acceptors (Lipinski definition) is 4. The minimum absolute atomic E-state index is 0.303. The smallest absolute Gasteiger partial charge is 0.267 e. The van der Waals surface area contributed by atoms with Crippen LogP contribution in [0.3, 0.4) is 0 Å². The molecule has 5 nitrogen and oxygen atoms in total. The molecule has 0 unspecified atom stereocenters. The molecule has 0 aliphatic carbocycles. The number of rotatable bonds is 4. The lowest BCUT2D eigenvalue weighted by molar-refractivity contribution is 0.0993. The lowest BCUT2D eigenvalue weighted by Crippen LogP contribution is -2.16. The molecule has 7 heteroatoms. The Morgan fingerprint density at radius 2 is 1.67 bits per heavy atom. The summed E-state index contributed by atoms with van der Waals surface area (Å²) in [5.41, 5.74) is 10.5. The van der Waals surface area contributed by atoms with Crippen molar-refractivity contribution in [2.75, 3.05) is 0 Å². The van der Waals surface area contributed by atoms with Crippen molar-refractivity contribution in [2.45, 2.75) is 6.92 Å². The second-order valence-corrected chi connectivity index (χ2v) is 7.83. The van der Waals surface area contributed by atoms with Crippen LogP contribution in [0.1, 0.15) is 16.1 Å². The Bertz CT molecular complexity index is 1110. The molecule has 0 bridgehead atoms. The van der Waals surface area contributed by atoms with Gasteiger partial charge in [-0.05, 0) is 25.1 Å². The summed E-state index contributed by atoms with van der Waals surface area (Å²) in [4.78, 5) is 16.6. The van der Waals surface area contributed by atoms with Crippen molar-refractivity contribution in [1.82, 2.24) is 14.8 Å². The summed E-state index contributed by atoms with van der Waals surface area (Å²) < 4.78 is 2.49. The van der Waals surface area contributed by atoms with E-state index in [4.69, 9.17) is 5.73 Å². The first-order valence-electron chi connectivity index (χ1n) is 8.20. The summed E-state index contributed by atoms with van der Waals surface area (Å²) >= 11 is 4.84. The maximum atomic E-state index is 11.9. The Morgan fingerprint density at radius 3 is 2.33 bits per heavy atom. The highest BCUT2D eigenvalue weighted by molar-refractivity contribution is 9.10. The number of nitrogens with zero attached hydrogens (tertiary/aromatic N) is 3. The van der Waals surface area contributed by atoms with Crippen LogP contribution < -0.4 is 5.73 Å². The number of nitrogens with two attached hydrogens (primary N) is 1. The van der Waals surface area contributed by atoms with Crippen molar-refractivity contribution in [3.8, 4) is 27.6 Å². The Labute approximate surface area is 168 Å². The molecule has 1 amide bonds. The molecule has 2 heterocycles. The number of carbonyl (C=O) groups excluding carboxylic acids is 1. The molecule has 2 aromatic heterocycles. The maximum Gasteiger partial charge on any atom is 0.267 e. The first-order chi connectivity index (χ1) is 13.0. The van der Waals surface area contributed by atoms with Crippen molar-refractivity contribution >= 4 is 33.2 Å². The van der Waals surface area contributed by atoms with Gasteiger partial charge in [0.2, 0.25) is 5.13 Å². The van der Waals surface area contributed by atoms with E-state index in [9.17, 15) is 4.79 Å². The highest BCUT2D eigenvalue weighted by atomic mass is 79.9. The molecule has 4 aromatic rings. The summed E-state index contributed by atoms with van der Waals surface area (Å²) in [5.74, 6) is -0.544. The van der Waals surface area contributed by atoms with Crippen LogP contribution in [0.2, 0.25) is 0 Å². The highest BCUT2D eigenvalue weighted by Gasteiger charge is 2.18. The minimum atomic E-state index is -0.544. The van der Waals surface area contributed by atoms with Gasteiger partial charge >= 0.3 is 0 Å². The molecule has 27 heavy (non-hydrogen) atoms. The van der Waals surface area contributed by atoms with Gasteiger partial charge in [-0.25, -0.2) is 4.98 Å². The zero-order valence-corrected chi connectivity index (χ0v) is 16.8. The van der Waals surface area contributed by atoms with Crippen molar-refractivity contribution in [1.29, 1.82) is 0 Å². The number of amides is 1. The molecule has 134 valence electrons.